The van der Waals surface area contributed by atoms with Gasteiger partial charge in [-0.2, -0.15) is 13.2 Å². The number of allylic oxidation sites excluding steroid dienone is 1. The molecular weight excluding hydrogens is 543 g/mol. The predicted octanol–water partition coefficient (Wildman–Crippen LogP) is 0.971. The van der Waals surface area contributed by atoms with Crippen molar-refractivity contribution in [2.24, 2.45) is 40.2 Å². The van der Waals surface area contributed by atoms with E-state index >= 15 is 0 Å². The Morgan fingerprint density at radius 3 is 2.41 bits per heavy atom. The SMILES string of the molecule is CC1(C)[C@@H]2[C@@H](C(=O)N[C@@H](C[C@@H]3CCNC3=C=O)C(N)=C=O)N(C(=O)C(NC(=O)C(F)(F)F)C3CC4(CCC4)C3)C[C@@H]21. The summed E-state index contributed by atoms with van der Waals surface area (Å²) in [4.78, 5) is 63.7. The van der Waals surface area contributed by atoms with E-state index in [0.717, 1.165) is 19.3 Å². The fourth-order valence-electron chi connectivity index (χ4n) is 7.87. The van der Waals surface area contributed by atoms with Crippen molar-refractivity contribution in [2.45, 2.75) is 83.1 Å². The monoisotopic (exact) mass is 579 g/mol. The maximum atomic E-state index is 13.9. The van der Waals surface area contributed by atoms with Crippen LogP contribution in [0, 0.1) is 34.5 Å². The number of nitrogens with two attached hydrogens (primary N) is 1. The fraction of sp³-hybridized carbons (Fsp3) is 0.750. The third-order valence-electron chi connectivity index (χ3n) is 10.5. The zero-order valence-electron chi connectivity index (χ0n) is 23.1. The van der Waals surface area contributed by atoms with Crippen LogP contribution < -0.4 is 21.7 Å². The number of carbonyl (C=O) groups is 3. The first-order chi connectivity index (χ1) is 19.2. The van der Waals surface area contributed by atoms with Crippen molar-refractivity contribution in [3.63, 3.8) is 0 Å². The quantitative estimate of drug-likeness (QED) is 0.313. The summed E-state index contributed by atoms with van der Waals surface area (Å²) in [5.41, 5.74) is 5.68. The molecule has 41 heavy (non-hydrogen) atoms. The van der Waals surface area contributed by atoms with E-state index in [1.54, 1.807) is 5.94 Å². The molecule has 1 unspecified atom stereocenters. The number of rotatable bonds is 8. The number of hydrogen-bond acceptors (Lipinski definition) is 7. The molecular formula is C28H36F3N5O5. The van der Waals surface area contributed by atoms with Crippen LogP contribution in [0.25, 0.3) is 0 Å². The molecule has 6 atom stereocenters. The van der Waals surface area contributed by atoms with Gasteiger partial charge in [-0.15, -0.1) is 0 Å². The summed E-state index contributed by atoms with van der Waals surface area (Å²) >= 11 is 0. The van der Waals surface area contributed by atoms with Crippen molar-refractivity contribution in [1.82, 2.24) is 20.9 Å². The zero-order valence-corrected chi connectivity index (χ0v) is 23.1. The first-order valence-corrected chi connectivity index (χ1v) is 14.2. The van der Waals surface area contributed by atoms with Gasteiger partial charge in [0.2, 0.25) is 11.8 Å². The highest BCUT2D eigenvalue weighted by Gasteiger charge is 2.70. The normalized spacial score (nSPS) is 31.8. The molecule has 2 saturated heterocycles. The van der Waals surface area contributed by atoms with Crippen LogP contribution >= 0.6 is 0 Å². The number of piperidine rings is 1. The predicted molar refractivity (Wildman–Crippen MR) is 139 cm³/mol. The second kappa shape index (κ2) is 10.2. The van der Waals surface area contributed by atoms with Crippen molar-refractivity contribution in [2.75, 3.05) is 13.1 Å². The lowest BCUT2D eigenvalue weighted by atomic mass is 9.50. The number of carbonyl (C=O) groups excluding carboxylic acids is 5. The van der Waals surface area contributed by atoms with Crippen LogP contribution in [0.2, 0.25) is 0 Å². The number of nitrogens with zero attached hydrogens (tertiary/aromatic N) is 1. The van der Waals surface area contributed by atoms with Gasteiger partial charge in [0.1, 0.15) is 29.7 Å². The first-order valence-electron chi connectivity index (χ1n) is 14.2. The van der Waals surface area contributed by atoms with Crippen LogP contribution in [0.15, 0.2) is 11.4 Å². The molecule has 2 aliphatic heterocycles. The highest BCUT2D eigenvalue weighted by Crippen LogP contribution is 2.65. The van der Waals surface area contributed by atoms with Gasteiger partial charge in [-0.1, -0.05) is 20.3 Å². The smallest absolute Gasteiger partial charge is 0.391 e. The molecule has 13 heteroatoms. The molecule has 3 amide bonds. The Hall–Kier alpha value is -3.30. The van der Waals surface area contributed by atoms with E-state index in [1.165, 1.54) is 4.90 Å². The highest BCUT2D eigenvalue weighted by molar-refractivity contribution is 5.95. The van der Waals surface area contributed by atoms with Crippen molar-refractivity contribution in [1.29, 1.82) is 0 Å². The van der Waals surface area contributed by atoms with E-state index in [0.29, 0.717) is 31.5 Å². The minimum absolute atomic E-state index is 0.0356. The average Bonchev–Trinajstić information content (AvgIpc) is 3.24. The van der Waals surface area contributed by atoms with E-state index in [4.69, 9.17) is 5.73 Å². The van der Waals surface area contributed by atoms with Crippen molar-refractivity contribution in [3.8, 4) is 0 Å². The first kappa shape index (κ1) is 29.2. The fourth-order valence-corrected chi connectivity index (χ4v) is 7.87. The third kappa shape index (κ3) is 5.14. The van der Waals surface area contributed by atoms with E-state index < -0.39 is 47.9 Å². The molecule has 1 spiro atoms. The Balaban J connectivity index is 1.37. The molecule has 0 aromatic heterocycles. The molecule has 5 aliphatic rings. The lowest BCUT2D eigenvalue weighted by molar-refractivity contribution is -0.177. The second-order valence-electron chi connectivity index (χ2n) is 13.1. The van der Waals surface area contributed by atoms with Gasteiger partial charge in [-0.25, -0.2) is 9.59 Å². The largest absolute Gasteiger partial charge is 0.471 e. The van der Waals surface area contributed by atoms with E-state index in [1.807, 2.05) is 25.1 Å². The second-order valence-corrected chi connectivity index (χ2v) is 13.1. The van der Waals surface area contributed by atoms with E-state index in [-0.39, 0.29) is 47.2 Å². The number of hydrogen-bond donors (Lipinski definition) is 4. The van der Waals surface area contributed by atoms with Gasteiger partial charge >= 0.3 is 12.1 Å². The summed E-state index contributed by atoms with van der Waals surface area (Å²) in [5, 5.41) is 7.62. The van der Waals surface area contributed by atoms with Crippen LogP contribution in [-0.2, 0) is 24.0 Å². The molecule has 10 nitrogen and oxygen atoms in total. The van der Waals surface area contributed by atoms with Crippen LogP contribution in [-0.4, -0.2) is 71.9 Å². The van der Waals surface area contributed by atoms with Crippen LogP contribution in [0.5, 0.6) is 0 Å². The van der Waals surface area contributed by atoms with Crippen LogP contribution in [0.1, 0.15) is 58.8 Å². The van der Waals surface area contributed by atoms with Gasteiger partial charge in [0.25, 0.3) is 0 Å². The molecule has 0 aromatic rings. The Morgan fingerprint density at radius 1 is 1.17 bits per heavy atom. The molecule has 0 bridgehead atoms. The number of likely N-dealkylation sites (tertiary alicyclic amines) is 1. The Morgan fingerprint density at radius 2 is 1.85 bits per heavy atom. The number of nitrogens with one attached hydrogen (secondary N) is 3. The molecule has 0 aromatic carbocycles. The van der Waals surface area contributed by atoms with Crippen LogP contribution in [0.4, 0.5) is 13.2 Å². The molecule has 2 heterocycles. The number of halogens is 3. The van der Waals surface area contributed by atoms with Gasteiger partial charge in [0.05, 0.1) is 11.7 Å². The lowest BCUT2D eigenvalue weighted by Crippen LogP contribution is -2.62. The molecule has 224 valence electrons. The molecule has 5 N–H and O–H groups in total. The maximum Gasteiger partial charge on any atom is 0.471 e. The highest BCUT2D eigenvalue weighted by atomic mass is 19.4. The van der Waals surface area contributed by atoms with Gasteiger partial charge in [0, 0.05) is 19.0 Å². The summed E-state index contributed by atoms with van der Waals surface area (Å²) in [6.07, 6.45) is -0.406. The molecule has 5 fully saturated rings. The minimum atomic E-state index is -5.15. The lowest BCUT2D eigenvalue weighted by Gasteiger charge is -2.56. The van der Waals surface area contributed by atoms with Gasteiger partial charge in [-0.3, -0.25) is 14.4 Å². The summed E-state index contributed by atoms with van der Waals surface area (Å²) in [6.45, 7) is 4.61. The Bertz CT molecular complexity index is 1230. The minimum Gasteiger partial charge on any atom is -0.391 e. The standard InChI is InChI=1S/C28H36F3N5O5/c1-26(2)16-11-36(24(40)21(35-25(41)28(29,30)31)15-9-27(10-15)5-3-6-27)22(20(16)26)23(39)34-18(17(32)12-37)8-14-4-7-33-19(14)13-38/h14-16,18,20-22,33H,3-11,32H2,1-2H3,(H,34,39)(H,35,41)/t14-,16-,18-,20-,21?,22-/m0/s1. The molecule has 5 rings (SSSR count). The Kier molecular flexibility index (Phi) is 7.27. The zero-order chi connectivity index (χ0) is 29.9. The van der Waals surface area contributed by atoms with Gasteiger partial charge < -0.3 is 26.6 Å². The summed E-state index contributed by atoms with van der Waals surface area (Å²) in [6, 6.07) is -3.39. The number of alkyl halides is 3. The topological polar surface area (TPSA) is 151 Å². The number of fused-ring (bicyclic) bond motifs is 1. The summed E-state index contributed by atoms with van der Waals surface area (Å²) in [5.74, 6) is -1.12. The van der Waals surface area contributed by atoms with E-state index in [9.17, 15) is 37.1 Å². The molecule has 3 saturated carbocycles. The van der Waals surface area contributed by atoms with Crippen molar-refractivity contribution >= 4 is 29.6 Å². The summed E-state index contributed by atoms with van der Waals surface area (Å²) in [7, 11) is 0. The average molecular weight is 580 g/mol. The van der Waals surface area contributed by atoms with Gasteiger partial charge in [0.15, 0.2) is 0 Å². The summed E-state index contributed by atoms with van der Waals surface area (Å²) < 4.78 is 39.7. The molecule has 0 radical (unpaired) electrons. The van der Waals surface area contributed by atoms with Gasteiger partial charge in [-0.05, 0) is 67.1 Å². The number of amides is 3. The third-order valence-corrected chi connectivity index (χ3v) is 10.5. The Labute approximate surface area is 235 Å². The maximum absolute atomic E-state index is 13.9. The van der Waals surface area contributed by atoms with Crippen LogP contribution in [0.3, 0.4) is 0 Å². The van der Waals surface area contributed by atoms with E-state index in [2.05, 4.69) is 10.6 Å². The van der Waals surface area contributed by atoms with Crippen molar-refractivity contribution in [3.05, 3.63) is 11.4 Å². The van der Waals surface area contributed by atoms with Crippen molar-refractivity contribution < 1.29 is 37.1 Å². The molecule has 3 aliphatic carbocycles.